The minimum absolute atomic E-state index is 0.0199. The van der Waals surface area contributed by atoms with Gasteiger partial charge in [0.15, 0.2) is 0 Å². The Balaban J connectivity index is 2.08. The van der Waals surface area contributed by atoms with E-state index in [4.69, 9.17) is 4.74 Å². The van der Waals surface area contributed by atoms with Crippen molar-refractivity contribution in [2.45, 2.75) is 12.5 Å². The zero-order valence-electron chi connectivity index (χ0n) is 5.29. The third kappa shape index (κ3) is 0.806. The number of carbonyl (C=O) groups excluding carboxylic acids is 2. The fourth-order valence-electron chi connectivity index (χ4n) is 1.16. The van der Waals surface area contributed by atoms with Crippen LogP contribution in [0.3, 0.4) is 0 Å². The van der Waals surface area contributed by atoms with Gasteiger partial charge in [-0.25, -0.2) is 0 Å². The first-order valence-electron chi connectivity index (χ1n) is 3.22. The zero-order chi connectivity index (χ0) is 7.14. The van der Waals surface area contributed by atoms with Gasteiger partial charge in [0, 0.05) is 6.42 Å². The third-order valence-corrected chi connectivity index (χ3v) is 1.81. The molecule has 54 valence electrons. The van der Waals surface area contributed by atoms with E-state index in [2.05, 4.69) is 5.32 Å². The van der Waals surface area contributed by atoms with Crippen molar-refractivity contribution in [2.24, 2.45) is 5.92 Å². The molecule has 2 amide bonds. The van der Waals surface area contributed by atoms with E-state index < -0.39 is 0 Å². The molecule has 2 aliphatic rings. The molecule has 0 saturated carbocycles. The standard InChI is InChI=1S/C6H7NO3/c8-5-1-3(4-2-10-4)6(9)7-5/h3-4H,1-2H2,(H,7,8,9). The van der Waals surface area contributed by atoms with Crippen LogP contribution in [-0.2, 0) is 14.3 Å². The number of nitrogens with one attached hydrogen (secondary N) is 1. The predicted molar refractivity (Wildman–Crippen MR) is 31.0 cm³/mol. The summed E-state index contributed by atoms with van der Waals surface area (Å²) >= 11 is 0. The summed E-state index contributed by atoms with van der Waals surface area (Å²) in [6.07, 6.45) is 0.329. The van der Waals surface area contributed by atoms with E-state index in [1.54, 1.807) is 0 Å². The van der Waals surface area contributed by atoms with Crippen LogP contribution < -0.4 is 5.32 Å². The molecule has 2 rings (SSSR count). The Morgan fingerprint density at radius 2 is 2.20 bits per heavy atom. The van der Waals surface area contributed by atoms with Crippen LogP contribution in [0.4, 0.5) is 0 Å². The largest absolute Gasteiger partial charge is 0.372 e. The number of hydrogen-bond donors (Lipinski definition) is 1. The fourth-order valence-corrected chi connectivity index (χ4v) is 1.16. The van der Waals surface area contributed by atoms with Crippen molar-refractivity contribution in [3.63, 3.8) is 0 Å². The summed E-state index contributed by atoms with van der Waals surface area (Å²) in [6.45, 7) is 0.630. The summed E-state index contributed by atoms with van der Waals surface area (Å²) in [5.74, 6) is -0.550. The molecule has 0 aromatic heterocycles. The number of imide groups is 1. The van der Waals surface area contributed by atoms with Crippen LogP contribution in [0.1, 0.15) is 6.42 Å². The van der Waals surface area contributed by atoms with Crippen molar-refractivity contribution in [1.29, 1.82) is 0 Å². The van der Waals surface area contributed by atoms with Crippen LogP contribution in [0, 0.1) is 5.92 Å². The Morgan fingerprint density at radius 3 is 2.60 bits per heavy atom. The lowest BCUT2D eigenvalue weighted by Crippen LogP contribution is -2.24. The number of epoxide rings is 1. The molecule has 0 aliphatic carbocycles. The maximum absolute atomic E-state index is 10.9. The van der Waals surface area contributed by atoms with Crippen LogP contribution in [0.2, 0.25) is 0 Å². The second kappa shape index (κ2) is 1.79. The maximum atomic E-state index is 10.9. The van der Waals surface area contributed by atoms with Crippen molar-refractivity contribution in [3.05, 3.63) is 0 Å². The smallest absolute Gasteiger partial charge is 0.232 e. The molecule has 0 radical (unpaired) electrons. The number of ether oxygens (including phenoxy) is 1. The summed E-state index contributed by atoms with van der Waals surface area (Å²) in [5.41, 5.74) is 0. The van der Waals surface area contributed by atoms with E-state index in [0.29, 0.717) is 13.0 Å². The van der Waals surface area contributed by atoms with Gasteiger partial charge in [0.1, 0.15) is 0 Å². The molecule has 2 fully saturated rings. The molecule has 2 saturated heterocycles. The molecular formula is C6H7NO3. The molecule has 4 heteroatoms. The Hall–Kier alpha value is -0.900. The van der Waals surface area contributed by atoms with E-state index in [9.17, 15) is 9.59 Å². The lowest BCUT2D eigenvalue weighted by molar-refractivity contribution is -0.125. The van der Waals surface area contributed by atoms with Gasteiger partial charge in [0.05, 0.1) is 18.6 Å². The second-order valence-corrected chi connectivity index (χ2v) is 2.59. The van der Waals surface area contributed by atoms with E-state index in [0.717, 1.165) is 0 Å². The molecule has 0 aromatic carbocycles. The first-order chi connectivity index (χ1) is 4.77. The zero-order valence-corrected chi connectivity index (χ0v) is 5.29. The number of carbonyl (C=O) groups is 2. The van der Waals surface area contributed by atoms with E-state index >= 15 is 0 Å². The van der Waals surface area contributed by atoms with Gasteiger partial charge in [-0.3, -0.25) is 14.9 Å². The maximum Gasteiger partial charge on any atom is 0.232 e. The summed E-state index contributed by atoms with van der Waals surface area (Å²) in [6, 6.07) is 0. The summed E-state index contributed by atoms with van der Waals surface area (Å²) < 4.78 is 4.90. The highest BCUT2D eigenvalue weighted by Gasteiger charge is 2.43. The van der Waals surface area contributed by atoms with Crippen molar-refractivity contribution >= 4 is 11.8 Å². The van der Waals surface area contributed by atoms with Gasteiger partial charge >= 0.3 is 0 Å². The van der Waals surface area contributed by atoms with Gasteiger partial charge in [-0.1, -0.05) is 0 Å². The molecule has 4 nitrogen and oxygen atoms in total. The van der Waals surface area contributed by atoms with Crippen LogP contribution in [-0.4, -0.2) is 24.5 Å². The molecule has 0 spiro atoms. The van der Waals surface area contributed by atoms with E-state index in [-0.39, 0.29) is 23.8 Å². The molecule has 2 unspecified atom stereocenters. The monoisotopic (exact) mass is 141 g/mol. The Bertz CT molecular complexity index is 197. The fraction of sp³-hybridized carbons (Fsp3) is 0.667. The highest BCUT2D eigenvalue weighted by atomic mass is 16.6. The quantitative estimate of drug-likeness (QED) is 0.378. The lowest BCUT2D eigenvalue weighted by Gasteiger charge is -1.96. The SMILES string of the molecule is O=C1CC(C2CO2)C(=O)N1. The predicted octanol–water partition coefficient (Wildman–Crippen LogP) is -0.952. The van der Waals surface area contributed by atoms with Crippen molar-refractivity contribution in [2.75, 3.05) is 6.61 Å². The minimum atomic E-state index is -0.201. The first kappa shape index (κ1) is 5.85. The van der Waals surface area contributed by atoms with Crippen LogP contribution in [0.5, 0.6) is 0 Å². The average Bonchev–Trinajstić information content (AvgIpc) is 2.61. The normalized spacial score (nSPS) is 38.0. The highest BCUT2D eigenvalue weighted by molar-refractivity contribution is 6.03. The van der Waals surface area contributed by atoms with Crippen LogP contribution in [0.15, 0.2) is 0 Å². The molecule has 2 atom stereocenters. The van der Waals surface area contributed by atoms with Gasteiger partial charge in [-0.15, -0.1) is 0 Å². The lowest BCUT2D eigenvalue weighted by atomic mass is 10.1. The van der Waals surface area contributed by atoms with Crippen molar-refractivity contribution < 1.29 is 14.3 Å². The summed E-state index contributed by atoms with van der Waals surface area (Å²) in [7, 11) is 0. The summed E-state index contributed by atoms with van der Waals surface area (Å²) in [5, 5.41) is 2.23. The first-order valence-corrected chi connectivity index (χ1v) is 3.22. The Morgan fingerprint density at radius 1 is 1.50 bits per heavy atom. The second-order valence-electron chi connectivity index (χ2n) is 2.59. The van der Waals surface area contributed by atoms with Crippen LogP contribution >= 0.6 is 0 Å². The van der Waals surface area contributed by atoms with Gasteiger partial charge in [0.25, 0.3) is 0 Å². The van der Waals surface area contributed by atoms with Crippen molar-refractivity contribution in [1.82, 2.24) is 5.32 Å². The molecule has 2 heterocycles. The van der Waals surface area contributed by atoms with Gasteiger partial charge in [-0.2, -0.15) is 0 Å². The average molecular weight is 141 g/mol. The minimum Gasteiger partial charge on any atom is -0.372 e. The molecule has 0 aromatic rings. The third-order valence-electron chi connectivity index (χ3n) is 1.81. The molecule has 2 aliphatic heterocycles. The van der Waals surface area contributed by atoms with E-state index in [1.807, 2.05) is 0 Å². The van der Waals surface area contributed by atoms with Crippen LogP contribution in [0.25, 0.3) is 0 Å². The van der Waals surface area contributed by atoms with Crippen molar-refractivity contribution in [3.8, 4) is 0 Å². The number of rotatable bonds is 1. The molecule has 1 N–H and O–H groups in total. The van der Waals surface area contributed by atoms with Gasteiger partial charge in [0.2, 0.25) is 11.8 Å². The number of amides is 2. The van der Waals surface area contributed by atoms with Gasteiger partial charge < -0.3 is 4.74 Å². The topological polar surface area (TPSA) is 58.7 Å². The van der Waals surface area contributed by atoms with E-state index in [1.165, 1.54) is 0 Å². The summed E-state index contributed by atoms with van der Waals surface area (Å²) in [4.78, 5) is 21.5. The molecular weight excluding hydrogens is 134 g/mol. The Labute approximate surface area is 57.5 Å². The van der Waals surface area contributed by atoms with Gasteiger partial charge in [-0.05, 0) is 0 Å². The molecule has 0 bridgehead atoms. The highest BCUT2D eigenvalue weighted by Crippen LogP contribution is 2.26. The Kier molecular flexibility index (Phi) is 1.05. The number of hydrogen-bond acceptors (Lipinski definition) is 3. The molecule has 10 heavy (non-hydrogen) atoms.